The molecule has 33 heavy (non-hydrogen) atoms. The van der Waals surface area contributed by atoms with Crippen LogP contribution in [-0.2, 0) is 11.3 Å². The highest BCUT2D eigenvalue weighted by Crippen LogP contribution is 2.24. The lowest BCUT2D eigenvalue weighted by Gasteiger charge is -2.20. The Kier molecular flexibility index (Phi) is 5.27. The van der Waals surface area contributed by atoms with Crippen LogP contribution in [0.5, 0.6) is 0 Å². The molecule has 5 aromatic rings. The SMILES string of the molecule is CCN(C(=O)Cn1nc2c(-c3nc(-c4ccccc4)no3)cccn2c1=O)c1ccccc1. The second-order valence-corrected chi connectivity index (χ2v) is 7.32. The van der Waals surface area contributed by atoms with Gasteiger partial charge < -0.3 is 9.42 Å². The number of fused-ring (bicyclic) bond motifs is 1. The van der Waals surface area contributed by atoms with E-state index in [2.05, 4.69) is 15.2 Å². The maximum Gasteiger partial charge on any atom is 0.350 e. The molecule has 0 radical (unpaired) electrons. The maximum atomic E-state index is 13.0. The van der Waals surface area contributed by atoms with Gasteiger partial charge in [-0.3, -0.25) is 4.79 Å². The summed E-state index contributed by atoms with van der Waals surface area (Å²) in [7, 11) is 0. The van der Waals surface area contributed by atoms with Gasteiger partial charge in [0, 0.05) is 24.0 Å². The molecule has 9 heteroatoms. The smallest absolute Gasteiger partial charge is 0.333 e. The van der Waals surface area contributed by atoms with Gasteiger partial charge in [-0.2, -0.15) is 4.98 Å². The highest BCUT2D eigenvalue weighted by atomic mass is 16.5. The van der Waals surface area contributed by atoms with Gasteiger partial charge in [-0.1, -0.05) is 53.7 Å². The summed E-state index contributed by atoms with van der Waals surface area (Å²) in [5.41, 5.74) is 2.00. The number of para-hydroxylation sites is 1. The second kappa shape index (κ2) is 8.54. The number of hydrogen-bond acceptors (Lipinski definition) is 6. The Balaban J connectivity index is 1.49. The summed E-state index contributed by atoms with van der Waals surface area (Å²) in [6.45, 7) is 2.16. The minimum Gasteiger partial charge on any atom is -0.333 e. The fraction of sp³-hybridized carbons (Fsp3) is 0.125. The Hall–Kier alpha value is -4.53. The quantitative estimate of drug-likeness (QED) is 0.402. The minimum atomic E-state index is -0.424. The number of carbonyl (C=O) groups excluding carboxylic acids is 1. The van der Waals surface area contributed by atoms with Crippen LogP contribution in [-0.4, -0.2) is 36.8 Å². The standard InChI is InChI=1S/C24H20N6O3/c1-2-28(18-12-7-4-8-13-18)20(31)16-30-24(32)29-15-9-14-19(22(29)26-30)23-25-21(27-33-23)17-10-5-3-6-11-17/h3-15H,2,16H2,1H3. The van der Waals surface area contributed by atoms with E-state index >= 15 is 0 Å². The molecule has 3 heterocycles. The van der Waals surface area contributed by atoms with Gasteiger partial charge in [-0.05, 0) is 31.2 Å². The van der Waals surface area contributed by atoms with E-state index in [1.807, 2.05) is 67.6 Å². The summed E-state index contributed by atoms with van der Waals surface area (Å²) in [5.74, 6) is 0.438. The number of aromatic nitrogens is 5. The Morgan fingerprint density at radius 2 is 1.73 bits per heavy atom. The lowest BCUT2D eigenvalue weighted by atomic mass is 10.2. The first kappa shape index (κ1) is 20.4. The molecule has 5 rings (SSSR count). The van der Waals surface area contributed by atoms with Crippen molar-refractivity contribution < 1.29 is 9.32 Å². The van der Waals surface area contributed by atoms with Crippen LogP contribution in [0.1, 0.15) is 6.92 Å². The maximum absolute atomic E-state index is 13.0. The summed E-state index contributed by atoms with van der Waals surface area (Å²) in [6.07, 6.45) is 1.60. The molecular formula is C24H20N6O3. The van der Waals surface area contributed by atoms with Crippen molar-refractivity contribution in [3.05, 3.63) is 89.5 Å². The van der Waals surface area contributed by atoms with Crippen LogP contribution in [0.3, 0.4) is 0 Å². The van der Waals surface area contributed by atoms with E-state index in [-0.39, 0.29) is 18.3 Å². The number of hydrogen-bond donors (Lipinski definition) is 0. The van der Waals surface area contributed by atoms with Gasteiger partial charge >= 0.3 is 5.69 Å². The molecule has 164 valence electrons. The van der Waals surface area contributed by atoms with Crippen LogP contribution in [0, 0.1) is 0 Å². The average Bonchev–Trinajstić information content (AvgIpc) is 3.46. The van der Waals surface area contributed by atoms with E-state index < -0.39 is 5.69 Å². The van der Waals surface area contributed by atoms with Crippen molar-refractivity contribution in [1.29, 1.82) is 0 Å². The molecule has 0 N–H and O–H groups in total. The highest BCUT2D eigenvalue weighted by Gasteiger charge is 2.20. The van der Waals surface area contributed by atoms with Crippen molar-refractivity contribution >= 4 is 17.2 Å². The molecule has 0 aliphatic carbocycles. The number of anilines is 1. The fourth-order valence-corrected chi connectivity index (χ4v) is 3.67. The Morgan fingerprint density at radius 1 is 1.00 bits per heavy atom. The normalized spacial score (nSPS) is 11.1. The Morgan fingerprint density at radius 3 is 2.45 bits per heavy atom. The third kappa shape index (κ3) is 3.80. The van der Waals surface area contributed by atoms with Crippen molar-refractivity contribution in [3.63, 3.8) is 0 Å². The zero-order valence-corrected chi connectivity index (χ0v) is 17.8. The molecule has 0 bridgehead atoms. The molecule has 0 aliphatic rings. The first-order chi connectivity index (χ1) is 16.2. The number of rotatable bonds is 6. The first-order valence-electron chi connectivity index (χ1n) is 10.5. The summed E-state index contributed by atoms with van der Waals surface area (Å²) in [5, 5.41) is 8.46. The number of pyridine rings is 1. The monoisotopic (exact) mass is 440 g/mol. The highest BCUT2D eigenvalue weighted by molar-refractivity contribution is 5.93. The Bertz CT molecular complexity index is 1470. The topological polar surface area (TPSA) is 98.5 Å². The van der Waals surface area contributed by atoms with Crippen LogP contribution in [0.2, 0.25) is 0 Å². The van der Waals surface area contributed by atoms with Crippen LogP contribution in [0.25, 0.3) is 28.5 Å². The summed E-state index contributed by atoms with van der Waals surface area (Å²) in [6, 6.07) is 22.2. The van der Waals surface area contributed by atoms with Crippen molar-refractivity contribution in [3.8, 4) is 22.8 Å². The molecule has 3 aromatic heterocycles. The van der Waals surface area contributed by atoms with Crippen LogP contribution in [0.4, 0.5) is 5.69 Å². The number of carbonyl (C=O) groups is 1. The number of benzene rings is 2. The van der Waals surface area contributed by atoms with Gasteiger partial charge in [0.15, 0.2) is 5.65 Å². The van der Waals surface area contributed by atoms with Gasteiger partial charge in [0.1, 0.15) is 6.54 Å². The van der Waals surface area contributed by atoms with Crippen molar-refractivity contribution in [2.75, 3.05) is 11.4 Å². The molecule has 0 fully saturated rings. The predicted molar refractivity (Wildman–Crippen MR) is 123 cm³/mol. The van der Waals surface area contributed by atoms with Gasteiger partial charge in [-0.15, -0.1) is 5.10 Å². The number of nitrogens with zero attached hydrogens (tertiary/aromatic N) is 6. The van der Waals surface area contributed by atoms with Crippen LogP contribution in [0.15, 0.2) is 88.3 Å². The van der Waals surface area contributed by atoms with E-state index in [0.717, 1.165) is 15.9 Å². The van der Waals surface area contributed by atoms with Gasteiger partial charge in [0.2, 0.25) is 11.7 Å². The van der Waals surface area contributed by atoms with Crippen molar-refractivity contribution in [1.82, 2.24) is 24.3 Å². The van der Waals surface area contributed by atoms with Crippen LogP contribution >= 0.6 is 0 Å². The third-order valence-corrected chi connectivity index (χ3v) is 5.27. The van der Waals surface area contributed by atoms with Crippen molar-refractivity contribution in [2.24, 2.45) is 0 Å². The lowest BCUT2D eigenvalue weighted by molar-refractivity contribution is -0.119. The van der Waals surface area contributed by atoms with E-state index in [1.165, 1.54) is 4.40 Å². The molecule has 0 atom stereocenters. The van der Waals surface area contributed by atoms with Gasteiger partial charge in [0.25, 0.3) is 5.89 Å². The van der Waals surface area contributed by atoms with Crippen molar-refractivity contribution in [2.45, 2.75) is 13.5 Å². The molecule has 1 amide bonds. The van der Waals surface area contributed by atoms with E-state index in [4.69, 9.17) is 4.52 Å². The summed E-state index contributed by atoms with van der Waals surface area (Å²) in [4.78, 5) is 32.0. The lowest BCUT2D eigenvalue weighted by Crippen LogP contribution is -2.36. The largest absolute Gasteiger partial charge is 0.350 e. The molecule has 0 saturated heterocycles. The molecule has 0 unspecified atom stereocenters. The number of amides is 1. The van der Waals surface area contributed by atoms with E-state index in [9.17, 15) is 9.59 Å². The molecule has 0 saturated carbocycles. The zero-order chi connectivity index (χ0) is 22.8. The van der Waals surface area contributed by atoms with E-state index in [1.54, 1.807) is 23.2 Å². The van der Waals surface area contributed by atoms with Gasteiger partial charge in [0.05, 0.1) is 5.56 Å². The molecule has 0 spiro atoms. The van der Waals surface area contributed by atoms with E-state index in [0.29, 0.717) is 23.6 Å². The average molecular weight is 440 g/mol. The molecular weight excluding hydrogens is 420 g/mol. The second-order valence-electron chi connectivity index (χ2n) is 7.32. The minimum absolute atomic E-state index is 0.193. The van der Waals surface area contributed by atoms with Gasteiger partial charge in [-0.25, -0.2) is 13.9 Å². The third-order valence-electron chi connectivity index (χ3n) is 5.27. The number of likely N-dealkylation sites (N-methyl/N-ethyl adjacent to an activating group) is 1. The summed E-state index contributed by atoms with van der Waals surface area (Å²) >= 11 is 0. The summed E-state index contributed by atoms with van der Waals surface area (Å²) < 4.78 is 7.98. The molecule has 2 aromatic carbocycles. The molecule has 9 nitrogen and oxygen atoms in total. The Labute approximate surface area is 188 Å². The van der Waals surface area contributed by atoms with Crippen LogP contribution < -0.4 is 10.6 Å². The molecule has 0 aliphatic heterocycles. The predicted octanol–water partition coefficient (Wildman–Crippen LogP) is 3.27. The zero-order valence-electron chi connectivity index (χ0n) is 17.8. The fourth-order valence-electron chi connectivity index (χ4n) is 3.67. The first-order valence-corrected chi connectivity index (χ1v) is 10.5.